The van der Waals surface area contributed by atoms with Crippen LogP contribution in [0.4, 0.5) is 10.5 Å². The van der Waals surface area contributed by atoms with E-state index in [9.17, 15) is 4.79 Å². The summed E-state index contributed by atoms with van der Waals surface area (Å²) in [4.78, 5) is 12.0. The van der Waals surface area contributed by atoms with Crippen molar-refractivity contribution in [2.75, 3.05) is 5.32 Å². The fraction of sp³-hybridized carbons (Fsp3) is 0.150. The topological polar surface area (TPSA) is 63.5 Å². The summed E-state index contributed by atoms with van der Waals surface area (Å²) in [5.74, 6) is 0.787. The fourth-order valence-electron chi connectivity index (χ4n) is 2.36. The van der Waals surface area contributed by atoms with Gasteiger partial charge in [-0.2, -0.15) is 0 Å². The molecule has 0 radical (unpaired) electrons. The maximum atomic E-state index is 12.0. The Bertz CT molecular complexity index is 786. The number of carbonyl (C=O) groups is 1. The van der Waals surface area contributed by atoms with E-state index in [2.05, 4.69) is 10.6 Å². The highest BCUT2D eigenvalue weighted by Gasteiger charge is 2.03. The molecule has 0 saturated carbocycles. The lowest BCUT2D eigenvalue weighted by atomic mass is 10.2. The first-order valence-corrected chi connectivity index (χ1v) is 8.07. The number of nitrogens with one attached hydrogen (secondary N) is 2. The summed E-state index contributed by atoms with van der Waals surface area (Å²) in [7, 11) is 0. The first-order valence-electron chi connectivity index (χ1n) is 8.07. The second-order valence-electron chi connectivity index (χ2n) is 5.57. The molecule has 0 aliphatic heterocycles. The van der Waals surface area contributed by atoms with Gasteiger partial charge in [0.15, 0.2) is 0 Å². The van der Waals surface area contributed by atoms with E-state index in [-0.39, 0.29) is 6.03 Å². The van der Waals surface area contributed by atoms with Gasteiger partial charge in [-0.1, -0.05) is 42.5 Å². The molecular weight excluding hydrogens is 316 g/mol. The molecule has 0 fully saturated rings. The number of furan rings is 1. The molecule has 25 heavy (non-hydrogen) atoms. The van der Waals surface area contributed by atoms with Crippen LogP contribution in [0.3, 0.4) is 0 Å². The minimum Gasteiger partial charge on any atom is -0.467 e. The second kappa shape index (κ2) is 8.70. The van der Waals surface area contributed by atoms with Crippen LogP contribution in [0.25, 0.3) is 0 Å². The number of hydrogen-bond acceptors (Lipinski definition) is 3. The van der Waals surface area contributed by atoms with E-state index < -0.39 is 0 Å². The summed E-state index contributed by atoms with van der Waals surface area (Å²) >= 11 is 0. The Labute approximate surface area is 146 Å². The highest BCUT2D eigenvalue weighted by atomic mass is 16.5. The molecule has 1 heterocycles. The maximum absolute atomic E-state index is 12.0. The summed E-state index contributed by atoms with van der Waals surface area (Å²) in [6.45, 7) is 1.35. The van der Waals surface area contributed by atoms with Crippen LogP contribution >= 0.6 is 0 Å². The van der Waals surface area contributed by atoms with E-state index in [1.165, 1.54) is 0 Å². The van der Waals surface area contributed by atoms with Crippen LogP contribution in [0.2, 0.25) is 0 Å². The number of anilines is 1. The monoisotopic (exact) mass is 336 g/mol. The average Bonchev–Trinajstić information content (AvgIpc) is 3.15. The molecule has 0 spiro atoms. The van der Waals surface area contributed by atoms with Crippen molar-refractivity contribution in [2.24, 2.45) is 0 Å². The summed E-state index contributed by atoms with van der Waals surface area (Å²) in [6.07, 6.45) is 1.62. The molecule has 0 atom stereocenters. The van der Waals surface area contributed by atoms with Crippen LogP contribution in [-0.2, 0) is 24.5 Å². The van der Waals surface area contributed by atoms with E-state index >= 15 is 0 Å². The molecule has 0 aliphatic carbocycles. The Hall–Kier alpha value is -3.05. The van der Waals surface area contributed by atoms with Gasteiger partial charge in [-0.15, -0.1) is 0 Å². The summed E-state index contributed by atoms with van der Waals surface area (Å²) in [5.41, 5.74) is 2.76. The summed E-state index contributed by atoms with van der Waals surface area (Å²) < 4.78 is 10.8. The van der Waals surface area contributed by atoms with Crippen LogP contribution in [0.15, 0.2) is 77.4 Å². The molecule has 2 amide bonds. The Morgan fingerprint density at radius 1 is 0.920 bits per heavy atom. The van der Waals surface area contributed by atoms with Gasteiger partial charge >= 0.3 is 6.03 Å². The molecule has 2 N–H and O–H groups in total. The number of benzene rings is 2. The van der Waals surface area contributed by atoms with Crippen LogP contribution < -0.4 is 10.6 Å². The third-order valence-electron chi connectivity index (χ3n) is 3.57. The standard InChI is InChI=1S/C20H20N2O3/c23-20(21-13-16-6-2-1-3-7-16)22-18-9-4-8-17(12-18)14-24-15-19-10-5-11-25-19/h1-12H,13-15H2,(H2,21,22,23). The van der Waals surface area contributed by atoms with Crippen LogP contribution in [0.1, 0.15) is 16.9 Å². The molecule has 2 aromatic carbocycles. The number of hydrogen-bond donors (Lipinski definition) is 2. The van der Waals surface area contributed by atoms with Crippen molar-refractivity contribution in [3.05, 3.63) is 89.9 Å². The van der Waals surface area contributed by atoms with Gasteiger partial charge in [-0.25, -0.2) is 4.79 Å². The molecule has 5 heteroatoms. The Morgan fingerprint density at radius 3 is 2.56 bits per heavy atom. The Kier molecular flexibility index (Phi) is 5.85. The zero-order valence-corrected chi connectivity index (χ0v) is 13.8. The maximum Gasteiger partial charge on any atom is 0.319 e. The van der Waals surface area contributed by atoms with Gasteiger partial charge in [0, 0.05) is 12.2 Å². The van der Waals surface area contributed by atoms with Crippen molar-refractivity contribution >= 4 is 11.7 Å². The molecular formula is C20H20N2O3. The highest BCUT2D eigenvalue weighted by Crippen LogP contribution is 2.13. The molecule has 0 bridgehead atoms. The van der Waals surface area contributed by atoms with Gasteiger partial charge in [-0.05, 0) is 35.4 Å². The van der Waals surface area contributed by atoms with Crippen LogP contribution in [0, 0.1) is 0 Å². The molecule has 0 aliphatic rings. The molecule has 0 unspecified atom stereocenters. The van der Waals surface area contributed by atoms with Crippen LogP contribution in [0.5, 0.6) is 0 Å². The Morgan fingerprint density at radius 2 is 1.76 bits per heavy atom. The average molecular weight is 336 g/mol. The van der Waals surface area contributed by atoms with Crippen molar-refractivity contribution in [2.45, 2.75) is 19.8 Å². The van der Waals surface area contributed by atoms with Crippen molar-refractivity contribution in [1.29, 1.82) is 0 Å². The van der Waals surface area contributed by atoms with Gasteiger partial charge < -0.3 is 19.8 Å². The number of ether oxygens (including phenoxy) is 1. The second-order valence-corrected chi connectivity index (χ2v) is 5.57. The molecule has 1 aromatic heterocycles. The third-order valence-corrected chi connectivity index (χ3v) is 3.57. The van der Waals surface area contributed by atoms with E-state index in [4.69, 9.17) is 9.15 Å². The van der Waals surface area contributed by atoms with E-state index in [0.717, 1.165) is 22.6 Å². The van der Waals surface area contributed by atoms with Gasteiger partial charge in [0.2, 0.25) is 0 Å². The fourth-order valence-corrected chi connectivity index (χ4v) is 2.36. The van der Waals surface area contributed by atoms with E-state index in [1.807, 2.05) is 66.7 Å². The SMILES string of the molecule is O=C(NCc1ccccc1)Nc1cccc(COCc2ccco2)c1. The predicted molar refractivity (Wildman–Crippen MR) is 95.9 cm³/mol. The quantitative estimate of drug-likeness (QED) is 0.675. The third kappa shape index (κ3) is 5.51. The zero-order valence-electron chi connectivity index (χ0n) is 13.8. The number of urea groups is 1. The van der Waals surface area contributed by atoms with E-state index in [0.29, 0.717) is 19.8 Å². The highest BCUT2D eigenvalue weighted by molar-refractivity contribution is 5.89. The smallest absolute Gasteiger partial charge is 0.319 e. The molecule has 0 saturated heterocycles. The normalized spacial score (nSPS) is 10.4. The van der Waals surface area contributed by atoms with Crippen molar-refractivity contribution < 1.29 is 13.9 Å². The lowest BCUT2D eigenvalue weighted by Crippen LogP contribution is -2.28. The lowest BCUT2D eigenvalue weighted by molar-refractivity contribution is 0.0930. The molecule has 128 valence electrons. The molecule has 5 nitrogen and oxygen atoms in total. The number of carbonyl (C=O) groups excluding carboxylic acids is 1. The summed E-state index contributed by atoms with van der Waals surface area (Å²) in [5, 5.41) is 5.67. The van der Waals surface area contributed by atoms with Gasteiger partial charge in [0.25, 0.3) is 0 Å². The summed E-state index contributed by atoms with van der Waals surface area (Å²) in [6, 6.07) is 20.8. The van der Waals surface area contributed by atoms with Gasteiger partial charge in [0.1, 0.15) is 12.4 Å². The zero-order chi connectivity index (χ0) is 17.3. The minimum absolute atomic E-state index is 0.238. The lowest BCUT2D eigenvalue weighted by Gasteiger charge is -2.09. The van der Waals surface area contributed by atoms with Crippen molar-refractivity contribution in [3.63, 3.8) is 0 Å². The molecule has 3 rings (SSSR count). The number of amides is 2. The first-order chi connectivity index (χ1) is 12.3. The van der Waals surface area contributed by atoms with Crippen molar-refractivity contribution in [1.82, 2.24) is 5.32 Å². The minimum atomic E-state index is -0.238. The first kappa shape index (κ1) is 16.8. The number of rotatable bonds is 7. The predicted octanol–water partition coefficient (Wildman–Crippen LogP) is 4.32. The van der Waals surface area contributed by atoms with Gasteiger partial charge in [-0.3, -0.25) is 0 Å². The van der Waals surface area contributed by atoms with Crippen LogP contribution in [-0.4, -0.2) is 6.03 Å². The van der Waals surface area contributed by atoms with Gasteiger partial charge in [0.05, 0.1) is 12.9 Å². The largest absolute Gasteiger partial charge is 0.467 e. The Balaban J connectivity index is 1.46. The molecule has 3 aromatic rings. The van der Waals surface area contributed by atoms with E-state index in [1.54, 1.807) is 6.26 Å². The van der Waals surface area contributed by atoms with Crippen molar-refractivity contribution in [3.8, 4) is 0 Å².